The van der Waals surface area contributed by atoms with Gasteiger partial charge in [0.2, 0.25) is 0 Å². The Morgan fingerprint density at radius 1 is 0.444 bits per heavy atom. The second-order valence-electron chi connectivity index (χ2n) is 6.75. The molecule has 2 rings (SSSR count). The first kappa shape index (κ1) is 29.1. The fraction of sp³-hybridized carbons (Fsp3) is 0.421. The van der Waals surface area contributed by atoms with Gasteiger partial charge in [-0.25, -0.2) is 0 Å². The quantitative estimate of drug-likeness (QED) is 0.189. The molecule has 0 aromatic heterocycles. The Balaban J connectivity index is 0. The van der Waals surface area contributed by atoms with Crippen LogP contribution in [0.1, 0.15) is 51.3 Å². The smallest absolute Gasteiger partial charge is 2.00 e. The van der Waals surface area contributed by atoms with Gasteiger partial charge in [-0.15, -0.1) is 0 Å². The van der Waals surface area contributed by atoms with Gasteiger partial charge in [0.15, 0.2) is 0 Å². The zero-order valence-electron chi connectivity index (χ0n) is 16.8. The molecule has 1 aliphatic carbocycles. The Bertz CT molecular complexity index is 493. The van der Waals surface area contributed by atoms with Crippen molar-refractivity contribution in [2.24, 2.45) is 0 Å². The summed E-state index contributed by atoms with van der Waals surface area (Å²) < 4.78 is 59.2. The van der Waals surface area contributed by atoms with E-state index in [1.165, 1.54) is 46.3 Å². The summed E-state index contributed by atoms with van der Waals surface area (Å²) in [6, 6.07) is 6.56. The number of hydrogen-bond donors (Lipinski definition) is 0. The molecular weight excluding hydrogens is 474 g/mol. The summed E-state index contributed by atoms with van der Waals surface area (Å²) >= 11 is 0. The number of halogens is 6. The van der Waals surface area contributed by atoms with Crippen LogP contribution in [0, 0.1) is 50.4 Å². The number of rotatable bonds is 0. The molecule has 0 N–H and O–H groups in total. The van der Waals surface area contributed by atoms with Crippen LogP contribution in [-0.4, -0.2) is 0 Å². The summed E-state index contributed by atoms with van der Waals surface area (Å²) in [5.74, 6) is 7.34. The van der Waals surface area contributed by atoms with Crippen molar-refractivity contribution in [3.05, 3.63) is 64.5 Å². The second kappa shape index (κ2) is 9.12. The zero-order chi connectivity index (χ0) is 21.1. The molecule has 0 spiro atoms. The van der Waals surface area contributed by atoms with Crippen molar-refractivity contribution in [3.8, 4) is 0 Å². The maximum atomic E-state index is 9.87. The van der Waals surface area contributed by atoms with Crippen LogP contribution in [-0.2, 0) is 19.5 Å². The standard InChI is InChI=1S/C10H15.C9H12.F6P.Ru/c1-6-7(2)9(4)10(5)8(6)3;1-7-4-8(2)6-9(3)5-7;1-7(2,3,4,5)6;/h1-5H3;4-6H,1-3H3;;/q;;-1;+2. The zero-order valence-corrected chi connectivity index (χ0v) is 19.4. The van der Waals surface area contributed by atoms with Crippen LogP contribution in [0.25, 0.3) is 0 Å². The van der Waals surface area contributed by atoms with E-state index in [0.717, 1.165) is 0 Å². The van der Waals surface area contributed by atoms with Crippen LogP contribution in [0.5, 0.6) is 0 Å². The maximum Gasteiger partial charge on any atom is 2.00 e. The summed E-state index contributed by atoms with van der Waals surface area (Å²) in [6.45, 7) is 17.4. The van der Waals surface area contributed by atoms with Crippen LogP contribution in [0.2, 0.25) is 0 Å². The molecule has 0 saturated heterocycles. The van der Waals surface area contributed by atoms with E-state index in [-0.39, 0.29) is 19.5 Å². The SMILES string of the molecule is C[C]1[C](C)[C](C)[C](C)[C]1C.Cc1cc(C)cc(C)c1.F[P-](F)(F)(F)(F)F.[Ru+2]. The minimum Gasteiger partial charge on any atom is 2.00 e. The van der Waals surface area contributed by atoms with E-state index in [1.54, 1.807) is 0 Å². The predicted molar refractivity (Wildman–Crippen MR) is 98.8 cm³/mol. The Morgan fingerprint density at radius 2 is 0.556 bits per heavy atom. The molecule has 1 saturated carbocycles. The maximum absolute atomic E-state index is 10.7. The van der Waals surface area contributed by atoms with Crippen LogP contribution < -0.4 is 0 Å². The molecule has 0 aliphatic heterocycles. The van der Waals surface area contributed by atoms with Gasteiger partial charge in [-0.1, -0.05) is 69.5 Å². The number of aryl methyl sites for hydroxylation is 3. The van der Waals surface area contributed by atoms with Gasteiger partial charge in [-0.3, -0.25) is 0 Å². The molecule has 0 atom stereocenters. The van der Waals surface area contributed by atoms with Gasteiger partial charge >= 0.3 is 52.5 Å². The third-order valence-corrected chi connectivity index (χ3v) is 4.18. The fourth-order valence-corrected chi connectivity index (χ4v) is 2.61. The monoisotopic (exact) mass is 502 g/mol. The van der Waals surface area contributed by atoms with Crippen molar-refractivity contribution < 1.29 is 44.7 Å². The van der Waals surface area contributed by atoms with Gasteiger partial charge in [0, 0.05) is 0 Å². The van der Waals surface area contributed by atoms with Crippen molar-refractivity contribution in [3.63, 3.8) is 0 Å². The molecular formula is C19H27F6PRu+. The molecule has 1 fully saturated rings. The van der Waals surface area contributed by atoms with Crippen LogP contribution in [0.4, 0.5) is 25.2 Å². The molecule has 5 radical (unpaired) electrons. The van der Waals surface area contributed by atoms with E-state index in [0.29, 0.717) is 0 Å². The first-order valence-electron chi connectivity index (χ1n) is 8.00. The molecule has 157 valence electrons. The van der Waals surface area contributed by atoms with Crippen molar-refractivity contribution >= 4 is 7.81 Å². The molecule has 1 aromatic carbocycles. The van der Waals surface area contributed by atoms with Crippen molar-refractivity contribution in [2.45, 2.75) is 55.4 Å². The summed E-state index contributed by atoms with van der Waals surface area (Å²) in [4.78, 5) is 0. The van der Waals surface area contributed by atoms with Gasteiger partial charge in [-0.2, -0.15) is 0 Å². The summed E-state index contributed by atoms with van der Waals surface area (Å²) in [5, 5.41) is 0. The van der Waals surface area contributed by atoms with Gasteiger partial charge < -0.3 is 0 Å². The van der Waals surface area contributed by atoms with Crippen LogP contribution >= 0.6 is 7.81 Å². The van der Waals surface area contributed by atoms with Crippen molar-refractivity contribution in [1.82, 2.24) is 0 Å². The fourth-order valence-electron chi connectivity index (χ4n) is 2.61. The molecule has 8 heteroatoms. The summed E-state index contributed by atoms with van der Waals surface area (Å²) in [7, 11) is -10.7. The Morgan fingerprint density at radius 3 is 0.667 bits per heavy atom. The predicted octanol–water partition coefficient (Wildman–Crippen LogP) is 8.96. The summed E-state index contributed by atoms with van der Waals surface area (Å²) in [5.41, 5.74) is 4.06. The average Bonchev–Trinajstić information content (AvgIpc) is 2.52. The molecule has 0 unspecified atom stereocenters. The Labute approximate surface area is 172 Å². The Hall–Kier alpha value is -0.147. The van der Waals surface area contributed by atoms with E-state index in [1.807, 2.05) is 0 Å². The minimum absolute atomic E-state index is 0. The summed E-state index contributed by atoms with van der Waals surface area (Å²) in [6.07, 6.45) is 0. The first-order chi connectivity index (χ1) is 11.2. The van der Waals surface area contributed by atoms with Crippen molar-refractivity contribution in [1.29, 1.82) is 0 Å². The van der Waals surface area contributed by atoms with Crippen molar-refractivity contribution in [2.75, 3.05) is 0 Å². The van der Waals surface area contributed by atoms with Gasteiger partial charge in [0.05, 0.1) is 0 Å². The van der Waals surface area contributed by atoms with E-state index >= 15 is 0 Å². The Kier molecular flexibility index (Phi) is 9.81. The second-order valence-corrected chi connectivity index (χ2v) is 8.67. The third kappa shape index (κ3) is 14.5. The van der Waals surface area contributed by atoms with Crippen LogP contribution in [0.15, 0.2) is 18.2 Å². The molecule has 1 aromatic rings. The van der Waals surface area contributed by atoms with Crippen LogP contribution in [0.3, 0.4) is 0 Å². The largest absolute Gasteiger partial charge is 2.00 e. The normalized spacial score (nSPS) is 19.8. The van der Waals surface area contributed by atoms with E-state index < -0.39 is 7.81 Å². The molecule has 1 aliphatic rings. The van der Waals surface area contributed by atoms with E-state index in [4.69, 9.17) is 0 Å². The van der Waals surface area contributed by atoms with Gasteiger partial charge in [-0.05, 0) is 50.4 Å². The van der Waals surface area contributed by atoms with E-state index in [9.17, 15) is 25.2 Å². The van der Waals surface area contributed by atoms with Gasteiger partial charge in [0.1, 0.15) is 0 Å². The molecule has 0 bridgehead atoms. The van der Waals surface area contributed by atoms with E-state index in [2.05, 4.69) is 73.6 Å². The number of benzene rings is 1. The van der Waals surface area contributed by atoms with Gasteiger partial charge in [0.25, 0.3) is 0 Å². The first-order valence-corrected chi connectivity index (χ1v) is 10.0. The minimum atomic E-state index is -10.7. The molecule has 0 amide bonds. The molecule has 0 nitrogen and oxygen atoms in total. The molecule has 27 heavy (non-hydrogen) atoms. The number of hydrogen-bond acceptors (Lipinski definition) is 0. The molecule has 0 heterocycles. The average molecular weight is 501 g/mol. The topological polar surface area (TPSA) is 0 Å². The third-order valence-electron chi connectivity index (χ3n) is 4.18.